The molecule has 0 atom stereocenters. The molecule has 0 bridgehead atoms. The van der Waals surface area contributed by atoms with E-state index in [1.165, 1.54) is 0 Å². The molecule has 5 heteroatoms. The minimum absolute atomic E-state index is 0.173. The maximum Gasteiger partial charge on any atom is 0.375 e. The van der Waals surface area contributed by atoms with Gasteiger partial charge in [0.1, 0.15) is 12.2 Å². The summed E-state index contributed by atoms with van der Waals surface area (Å²) < 4.78 is 15.8. The van der Waals surface area contributed by atoms with Crippen LogP contribution in [0, 0.1) is 0 Å². The molecule has 0 spiro atoms. The lowest BCUT2D eigenvalue weighted by atomic mass is 10.2. The highest BCUT2D eigenvalue weighted by Crippen LogP contribution is 2.32. The van der Waals surface area contributed by atoms with Crippen molar-refractivity contribution in [2.75, 3.05) is 19.8 Å². The highest BCUT2D eigenvalue weighted by molar-refractivity contribution is 5.97. The molecule has 18 heavy (non-hydrogen) atoms. The van der Waals surface area contributed by atoms with Crippen molar-refractivity contribution in [2.24, 2.45) is 0 Å². The zero-order valence-electron chi connectivity index (χ0n) is 10.0. The van der Waals surface area contributed by atoms with Gasteiger partial charge in [-0.15, -0.1) is 0 Å². The second kappa shape index (κ2) is 5.55. The molecule has 0 aliphatic heterocycles. The molecule has 0 aliphatic rings. The Balaban J connectivity index is 2.27. The van der Waals surface area contributed by atoms with Gasteiger partial charge >= 0.3 is 5.97 Å². The molecule has 2 aromatic rings. The second-order valence-corrected chi connectivity index (χ2v) is 3.61. The minimum Gasteiger partial charge on any atom is -0.486 e. The van der Waals surface area contributed by atoms with E-state index >= 15 is 0 Å². The molecule has 96 valence electrons. The Kier molecular flexibility index (Phi) is 3.84. The number of furan rings is 1. The third-order valence-electron chi connectivity index (χ3n) is 2.42. The molecule has 1 aromatic carbocycles. The first-order valence-electron chi connectivity index (χ1n) is 5.69. The summed E-state index contributed by atoms with van der Waals surface area (Å²) in [5.74, 6) is -1.05. The van der Waals surface area contributed by atoms with Gasteiger partial charge < -0.3 is 19.0 Å². The maximum absolute atomic E-state index is 11.1. The van der Waals surface area contributed by atoms with E-state index in [1.807, 2.05) is 6.92 Å². The topological polar surface area (TPSA) is 68.9 Å². The SMILES string of the molecule is CCOCCOc1c(C(=O)O)oc2ccccc12. The van der Waals surface area contributed by atoms with Crippen LogP contribution in [0.1, 0.15) is 17.5 Å². The summed E-state index contributed by atoms with van der Waals surface area (Å²) in [6.45, 7) is 3.18. The van der Waals surface area contributed by atoms with E-state index in [-0.39, 0.29) is 18.1 Å². The van der Waals surface area contributed by atoms with Crippen LogP contribution in [0.15, 0.2) is 28.7 Å². The predicted octanol–water partition coefficient (Wildman–Crippen LogP) is 2.55. The van der Waals surface area contributed by atoms with Gasteiger partial charge in [0.25, 0.3) is 5.76 Å². The van der Waals surface area contributed by atoms with E-state index in [4.69, 9.17) is 19.0 Å². The van der Waals surface area contributed by atoms with Crippen LogP contribution in [0.25, 0.3) is 11.0 Å². The Labute approximate surface area is 104 Å². The van der Waals surface area contributed by atoms with Crippen LogP contribution in [-0.2, 0) is 4.74 Å². The van der Waals surface area contributed by atoms with E-state index < -0.39 is 5.97 Å². The first kappa shape index (κ1) is 12.4. The number of hydrogen-bond acceptors (Lipinski definition) is 4. The van der Waals surface area contributed by atoms with Crippen LogP contribution >= 0.6 is 0 Å². The van der Waals surface area contributed by atoms with Crippen molar-refractivity contribution in [1.82, 2.24) is 0 Å². The van der Waals surface area contributed by atoms with Gasteiger partial charge in [-0.05, 0) is 19.1 Å². The van der Waals surface area contributed by atoms with Crippen molar-refractivity contribution >= 4 is 16.9 Å². The van der Waals surface area contributed by atoms with Gasteiger partial charge in [-0.3, -0.25) is 0 Å². The number of carboxylic acid groups (broad SMARTS) is 1. The highest BCUT2D eigenvalue weighted by atomic mass is 16.5. The lowest BCUT2D eigenvalue weighted by Gasteiger charge is -2.05. The van der Waals surface area contributed by atoms with Gasteiger partial charge in [-0.1, -0.05) is 12.1 Å². The molecule has 0 radical (unpaired) electrons. The first-order valence-corrected chi connectivity index (χ1v) is 5.69. The Morgan fingerprint density at radius 1 is 1.33 bits per heavy atom. The molecule has 1 aromatic heterocycles. The fourth-order valence-corrected chi connectivity index (χ4v) is 1.65. The monoisotopic (exact) mass is 250 g/mol. The average Bonchev–Trinajstić information content (AvgIpc) is 2.74. The van der Waals surface area contributed by atoms with Crippen molar-refractivity contribution in [3.8, 4) is 5.75 Å². The molecule has 0 fully saturated rings. The van der Waals surface area contributed by atoms with Crippen LogP contribution in [0.4, 0.5) is 0 Å². The Morgan fingerprint density at radius 2 is 2.11 bits per heavy atom. The van der Waals surface area contributed by atoms with Crippen molar-refractivity contribution < 1.29 is 23.8 Å². The largest absolute Gasteiger partial charge is 0.486 e. The fraction of sp³-hybridized carbons (Fsp3) is 0.308. The number of hydrogen-bond donors (Lipinski definition) is 1. The third kappa shape index (κ3) is 2.46. The zero-order valence-corrected chi connectivity index (χ0v) is 10.0. The van der Waals surface area contributed by atoms with E-state index in [0.717, 1.165) is 0 Å². The highest BCUT2D eigenvalue weighted by Gasteiger charge is 2.21. The molecule has 0 amide bonds. The van der Waals surface area contributed by atoms with E-state index in [9.17, 15) is 4.79 Å². The molecule has 1 N–H and O–H groups in total. The number of para-hydroxylation sites is 1. The van der Waals surface area contributed by atoms with Crippen LogP contribution in [0.5, 0.6) is 5.75 Å². The van der Waals surface area contributed by atoms with Gasteiger partial charge in [0, 0.05) is 6.61 Å². The number of carboxylic acids is 1. The summed E-state index contributed by atoms with van der Waals surface area (Å²) in [4.78, 5) is 11.1. The Morgan fingerprint density at radius 3 is 2.83 bits per heavy atom. The summed E-state index contributed by atoms with van der Waals surface area (Å²) in [5.41, 5.74) is 0.501. The Bertz CT molecular complexity index is 543. The molecule has 0 unspecified atom stereocenters. The quantitative estimate of drug-likeness (QED) is 0.798. The van der Waals surface area contributed by atoms with Gasteiger partial charge in [-0.2, -0.15) is 0 Å². The second-order valence-electron chi connectivity index (χ2n) is 3.61. The summed E-state index contributed by atoms with van der Waals surface area (Å²) in [5, 5.41) is 9.72. The van der Waals surface area contributed by atoms with Crippen LogP contribution in [-0.4, -0.2) is 30.9 Å². The number of aromatic carboxylic acids is 1. The van der Waals surface area contributed by atoms with E-state index in [1.54, 1.807) is 24.3 Å². The van der Waals surface area contributed by atoms with Gasteiger partial charge in [0.05, 0.1) is 12.0 Å². The number of fused-ring (bicyclic) bond motifs is 1. The van der Waals surface area contributed by atoms with Gasteiger partial charge in [0.15, 0.2) is 5.75 Å². The van der Waals surface area contributed by atoms with Crippen molar-refractivity contribution in [2.45, 2.75) is 6.92 Å². The van der Waals surface area contributed by atoms with E-state index in [2.05, 4.69) is 0 Å². The van der Waals surface area contributed by atoms with Crippen LogP contribution in [0.2, 0.25) is 0 Å². The van der Waals surface area contributed by atoms with Crippen molar-refractivity contribution in [1.29, 1.82) is 0 Å². The first-order chi connectivity index (χ1) is 8.74. The lowest BCUT2D eigenvalue weighted by Crippen LogP contribution is -2.08. The lowest BCUT2D eigenvalue weighted by molar-refractivity contribution is 0.0652. The number of benzene rings is 1. The summed E-state index contributed by atoms with van der Waals surface area (Å²) in [6.07, 6.45) is 0. The standard InChI is InChI=1S/C13H14O5/c1-2-16-7-8-17-11-9-5-3-4-6-10(9)18-12(11)13(14)15/h3-6H,2,7-8H2,1H3,(H,14,15). The summed E-state index contributed by atoms with van der Waals surface area (Å²) >= 11 is 0. The number of carbonyl (C=O) groups is 1. The van der Waals surface area contributed by atoms with E-state index in [0.29, 0.717) is 24.2 Å². The molecule has 5 nitrogen and oxygen atoms in total. The molecule has 1 heterocycles. The summed E-state index contributed by atoms with van der Waals surface area (Å²) in [7, 11) is 0. The smallest absolute Gasteiger partial charge is 0.375 e. The molecule has 2 rings (SSSR count). The van der Waals surface area contributed by atoms with Crippen molar-refractivity contribution in [3.05, 3.63) is 30.0 Å². The molecule has 0 saturated heterocycles. The fourth-order valence-electron chi connectivity index (χ4n) is 1.65. The predicted molar refractivity (Wildman–Crippen MR) is 65.2 cm³/mol. The molecular formula is C13H14O5. The van der Waals surface area contributed by atoms with Crippen molar-refractivity contribution in [3.63, 3.8) is 0 Å². The summed E-state index contributed by atoms with van der Waals surface area (Å²) in [6, 6.07) is 7.05. The van der Waals surface area contributed by atoms with Crippen LogP contribution < -0.4 is 4.74 Å². The Hall–Kier alpha value is -2.01. The number of ether oxygens (including phenoxy) is 2. The molecular weight excluding hydrogens is 236 g/mol. The van der Waals surface area contributed by atoms with Gasteiger partial charge in [-0.25, -0.2) is 4.79 Å². The minimum atomic E-state index is -1.14. The molecule has 0 aliphatic carbocycles. The maximum atomic E-state index is 11.1. The van der Waals surface area contributed by atoms with Gasteiger partial charge in [0.2, 0.25) is 0 Å². The average molecular weight is 250 g/mol. The normalized spacial score (nSPS) is 10.7. The number of rotatable bonds is 6. The third-order valence-corrected chi connectivity index (χ3v) is 2.42. The zero-order chi connectivity index (χ0) is 13.0. The van der Waals surface area contributed by atoms with Crippen LogP contribution in [0.3, 0.4) is 0 Å². The molecule has 0 saturated carbocycles.